The average Bonchev–Trinajstić information content (AvgIpc) is 2.66. The third-order valence-corrected chi connectivity index (χ3v) is 3.93. The van der Waals surface area contributed by atoms with Crippen LogP contribution in [0, 0.1) is 0 Å². The molecule has 3 aromatic rings. The Balaban J connectivity index is 2.13. The summed E-state index contributed by atoms with van der Waals surface area (Å²) in [6.07, 6.45) is -9.08. The molecule has 0 aliphatic carbocycles. The van der Waals surface area contributed by atoms with Crippen LogP contribution in [0.2, 0.25) is 0 Å². The minimum atomic E-state index is -5.03. The van der Waals surface area contributed by atoms with Crippen molar-refractivity contribution in [3.8, 4) is 33.9 Å². The first-order valence-electron chi connectivity index (χ1n) is 8.38. The van der Waals surface area contributed by atoms with E-state index in [-0.39, 0.29) is 22.4 Å². The number of aromatic carboxylic acids is 1. The SMILES string of the molecule is O=C(O)c1cc(-c2ccccc2OC(F)(F)F)ncc1-c1ccccc1OC(F)(F)F. The van der Waals surface area contributed by atoms with Gasteiger partial charge in [0.15, 0.2) is 0 Å². The first kappa shape index (κ1) is 21.9. The van der Waals surface area contributed by atoms with Crippen molar-refractivity contribution in [3.63, 3.8) is 0 Å². The zero-order chi connectivity index (χ0) is 22.8. The molecule has 0 aliphatic heterocycles. The summed E-state index contributed by atoms with van der Waals surface area (Å²) < 4.78 is 84.0. The van der Waals surface area contributed by atoms with Gasteiger partial charge in [-0.05, 0) is 24.3 Å². The number of carboxylic acids is 1. The summed E-state index contributed by atoms with van der Waals surface area (Å²) in [6, 6.07) is 10.7. The molecule has 0 unspecified atom stereocenters. The molecule has 1 aromatic heterocycles. The number of hydrogen-bond acceptors (Lipinski definition) is 4. The van der Waals surface area contributed by atoms with Crippen LogP contribution in [-0.4, -0.2) is 28.8 Å². The summed E-state index contributed by atoms with van der Waals surface area (Å²) in [5, 5.41) is 9.58. The zero-order valence-corrected chi connectivity index (χ0v) is 15.2. The van der Waals surface area contributed by atoms with Crippen molar-refractivity contribution < 1.29 is 45.7 Å². The highest BCUT2D eigenvalue weighted by atomic mass is 19.4. The molecular weight excluding hydrogens is 432 g/mol. The molecule has 0 bridgehead atoms. The van der Waals surface area contributed by atoms with E-state index in [0.717, 1.165) is 24.4 Å². The van der Waals surface area contributed by atoms with Crippen LogP contribution in [-0.2, 0) is 0 Å². The molecule has 0 amide bonds. The number of hydrogen-bond donors (Lipinski definition) is 1. The summed E-state index contributed by atoms with van der Waals surface area (Å²) in [7, 11) is 0. The monoisotopic (exact) mass is 443 g/mol. The quantitative estimate of drug-likeness (QED) is 0.497. The van der Waals surface area contributed by atoms with Crippen molar-refractivity contribution >= 4 is 5.97 Å². The number of ether oxygens (including phenoxy) is 2. The van der Waals surface area contributed by atoms with Crippen molar-refractivity contribution in [1.29, 1.82) is 0 Å². The van der Waals surface area contributed by atoms with Gasteiger partial charge in [-0.2, -0.15) is 0 Å². The van der Waals surface area contributed by atoms with Gasteiger partial charge in [-0.25, -0.2) is 4.79 Å². The minimum Gasteiger partial charge on any atom is -0.478 e. The van der Waals surface area contributed by atoms with Crippen LogP contribution in [0.3, 0.4) is 0 Å². The Morgan fingerprint density at radius 1 is 0.774 bits per heavy atom. The number of carboxylic acid groups (broad SMARTS) is 1. The molecule has 0 atom stereocenters. The molecule has 1 heterocycles. The summed E-state index contributed by atoms with van der Waals surface area (Å²) in [4.78, 5) is 15.7. The van der Waals surface area contributed by atoms with Gasteiger partial charge >= 0.3 is 18.7 Å². The normalized spacial score (nSPS) is 11.8. The average molecular weight is 443 g/mol. The predicted octanol–water partition coefficient (Wildman–Crippen LogP) is 5.91. The molecule has 2 aromatic carbocycles. The standard InChI is InChI=1S/C20H11F6NO4/c21-19(22,23)30-16-7-3-1-5-11(16)14-10-27-15(9-13(14)18(28)29)12-6-2-4-8-17(12)31-20(24,25)26/h1-10H,(H,28,29). The molecule has 0 saturated heterocycles. The molecule has 1 N–H and O–H groups in total. The van der Waals surface area contributed by atoms with Crippen LogP contribution in [0.4, 0.5) is 26.3 Å². The van der Waals surface area contributed by atoms with Gasteiger partial charge in [0.25, 0.3) is 0 Å². The van der Waals surface area contributed by atoms with Gasteiger partial charge in [0.2, 0.25) is 0 Å². The van der Waals surface area contributed by atoms with E-state index in [1.54, 1.807) is 0 Å². The first-order chi connectivity index (χ1) is 14.4. The van der Waals surface area contributed by atoms with Crippen molar-refractivity contribution in [2.75, 3.05) is 0 Å². The number of halogens is 6. The maximum atomic E-state index is 12.7. The van der Waals surface area contributed by atoms with Crippen LogP contribution < -0.4 is 9.47 Å². The minimum absolute atomic E-state index is 0.159. The number of alkyl halides is 6. The second kappa shape index (κ2) is 8.17. The maximum Gasteiger partial charge on any atom is 0.573 e. The second-order valence-corrected chi connectivity index (χ2v) is 6.01. The van der Waals surface area contributed by atoms with Crippen molar-refractivity contribution in [1.82, 2.24) is 4.98 Å². The molecule has 0 saturated carbocycles. The lowest BCUT2D eigenvalue weighted by Crippen LogP contribution is -2.18. The molecule has 0 spiro atoms. The van der Waals surface area contributed by atoms with Crippen LogP contribution in [0.25, 0.3) is 22.4 Å². The number of rotatable bonds is 5. The topological polar surface area (TPSA) is 68.7 Å². The van der Waals surface area contributed by atoms with E-state index >= 15 is 0 Å². The molecule has 0 radical (unpaired) electrons. The Labute approximate surface area is 170 Å². The van der Waals surface area contributed by atoms with Gasteiger partial charge in [-0.15, -0.1) is 26.3 Å². The Bertz CT molecular complexity index is 1110. The third-order valence-electron chi connectivity index (χ3n) is 3.93. The Morgan fingerprint density at radius 3 is 1.77 bits per heavy atom. The van der Waals surface area contributed by atoms with Gasteiger partial charge in [0.05, 0.1) is 11.3 Å². The summed E-state index contributed by atoms with van der Waals surface area (Å²) in [5.74, 6) is -2.81. The number of aromatic nitrogens is 1. The van der Waals surface area contributed by atoms with Gasteiger partial charge in [-0.1, -0.05) is 30.3 Å². The molecule has 0 aliphatic rings. The van der Waals surface area contributed by atoms with E-state index in [1.807, 2.05) is 0 Å². The summed E-state index contributed by atoms with van der Waals surface area (Å²) >= 11 is 0. The largest absolute Gasteiger partial charge is 0.573 e. The van der Waals surface area contributed by atoms with E-state index in [2.05, 4.69) is 14.5 Å². The van der Waals surface area contributed by atoms with Gasteiger partial charge in [-0.3, -0.25) is 4.98 Å². The van der Waals surface area contributed by atoms with Crippen LogP contribution in [0.1, 0.15) is 10.4 Å². The van der Waals surface area contributed by atoms with Gasteiger partial charge < -0.3 is 14.6 Å². The van der Waals surface area contributed by atoms with E-state index in [4.69, 9.17) is 0 Å². The highest BCUT2D eigenvalue weighted by Gasteiger charge is 2.33. The smallest absolute Gasteiger partial charge is 0.478 e. The zero-order valence-electron chi connectivity index (χ0n) is 15.2. The number of para-hydroxylation sites is 2. The fourth-order valence-corrected chi connectivity index (χ4v) is 2.79. The summed E-state index contributed by atoms with van der Waals surface area (Å²) in [5.41, 5.74) is -1.27. The van der Waals surface area contributed by atoms with Crippen molar-refractivity contribution in [2.24, 2.45) is 0 Å². The Kier molecular flexibility index (Phi) is 5.78. The number of nitrogens with zero attached hydrogens (tertiary/aromatic N) is 1. The molecule has 3 rings (SSSR count). The molecule has 31 heavy (non-hydrogen) atoms. The molecule has 0 fully saturated rings. The Hall–Kier alpha value is -3.76. The number of benzene rings is 2. The summed E-state index contributed by atoms with van der Waals surface area (Å²) in [6.45, 7) is 0. The van der Waals surface area contributed by atoms with E-state index in [9.17, 15) is 36.2 Å². The highest BCUT2D eigenvalue weighted by Crippen LogP contribution is 2.38. The van der Waals surface area contributed by atoms with Crippen molar-refractivity contribution in [3.05, 3.63) is 66.4 Å². The van der Waals surface area contributed by atoms with Crippen LogP contribution in [0.15, 0.2) is 60.8 Å². The predicted molar refractivity (Wildman–Crippen MR) is 95.4 cm³/mol. The Morgan fingerprint density at radius 2 is 1.26 bits per heavy atom. The molecule has 162 valence electrons. The molecule has 11 heteroatoms. The van der Waals surface area contributed by atoms with Gasteiger partial charge in [0.1, 0.15) is 11.5 Å². The van der Waals surface area contributed by atoms with Crippen LogP contribution >= 0.6 is 0 Å². The van der Waals surface area contributed by atoms with Crippen molar-refractivity contribution in [2.45, 2.75) is 12.7 Å². The lowest BCUT2D eigenvalue weighted by atomic mass is 9.98. The lowest BCUT2D eigenvalue weighted by molar-refractivity contribution is -0.275. The second-order valence-electron chi connectivity index (χ2n) is 6.01. The fourth-order valence-electron chi connectivity index (χ4n) is 2.79. The molecular formula is C20H11F6NO4. The van der Waals surface area contributed by atoms with Crippen LogP contribution in [0.5, 0.6) is 11.5 Å². The van der Waals surface area contributed by atoms with E-state index in [1.165, 1.54) is 36.4 Å². The lowest BCUT2D eigenvalue weighted by Gasteiger charge is -2.16. The van der Waals surface area contributed by atoms with E-state index in [0.29, 0.717) is 0 Å². The highest BCUT2D eigenvalue weighted by molar-refractivity contribution is 5.98. The number of carbonyl (C=O) groups is 1. The maximum absolute atomic E-state index is 12.7. The first-order valence-corrected chi connectivity index (χ1v) is 8.38. The molecule has 5 nitrogen and oxygen atoms in total. The number of pyridine rings is 1. The third kappa shape index (κ3) is 5.44. The van der Waals surface area contributed by atoms with Gasteiger partial charge in [0, 0.05) is 22.9 Å². The van der Waals surface area contributed by atoms with E-state index < -0.39 is 35.8 Å². The fraction of sp³-hybridized carbons (Fsp3) is 0.100.